The first-order chi connectivity index (χ1) is 9.13. The summed E-state index contributed by atoms with van der Waals surface area (Å²) in [5.74, 6) is 1.09. The van der Waals surface area contributed by atoms with Crippen molar-refractivity contribution in [3.63, 3.8) is 0 Å². The molecule has 2 aromatic rings. The minimum atomic E-state index is -0.458. The molecular formula is C16H15NO2. The summed E-state index contributed by atoms with van der Waals surface area (Å²) >= 11 is 0. The molecule has 0 aromatic heterocycles. The predicted molar refractivity (Wildman–Crippen MR) is 75.9 cm³/mol. The van der Waals surface area contributed by atoms with Crippen LogP contribution in [0.4, 0.5) is 0 Å². The monoisotopic (exact) mass is 253 g/mol. The van der Waals surface area contributed by atoms with Gasteiger partial charge in [-0.3, -0.25) is 4.79 Å². The summed E-state index contributed by atoms with van der Waals surface area (Å²) in [5, 5.41) is 0. The van der Waals surface area contributed by atoms with Crippen LogP contribution in [0.1, 0.15) is 11.1 Å². The van der Waals surface area contributed by atoms with Gasteiger partial charge >= 0.3 is 0 Å². The van der Waals surface area contributed by atoms with Crippen LogP contribution >= 0.6 is 0 Å². The molecule has 0 saturated heterocycles. The van der Waals surface area contributed by atoms with Gasteiger partial charge in [0.15, 0.2) is 0 Å². The summed E-state index contributed by atoms with van der Waals surface area (Å²) in [6.45, 7) is 2.03. The molecule has 3 heteroatoms. The summed E-state index contributed by atoms with van der Waals surface area (Å²) < 4.78 is 5.70. The lowest BCUT2D eigenvalue weighted by Crippen LogP contribution is -2.04. The fourth-order valence-corrected chi connectivity index (χ4v) is 1.57. The van der Waals surface area contributed by atoms with Crippen molar-refractivity contribution < 1.29 is 9.53 Å². The molecule has 0 aliphatic rings. The van der Waals surface area contributed by atoms with Gasteiger partial charge in [0, 0.05) is 6.08 Å². The maximum Gasteiger partial charge on any atom is 0.241 e. The molecule has 0 spiro atoms. The highest BCUT2D eigenvalue weighted by molar-refractivity contribution is 5.90. The van der Waals surface area contributed by atoms with E-state index in [1.54, 1.807) is 6.08 Å². The fourth-order valence-electron chi connectivity index (χ4n) is 1.57. The molecule has 3 nitrogen and oxygen atoms in total. The Labute approximate surface area is 112 Å². The summed E-state index contributed by atoms with van der Waals surface area (Å²) in [6.07, 6.45) is 2.99. The van der Waals surface area contributed by atoms with Gasteiger partial charge in [0.1, 0.15) is 11.5 Å². The number of hydrogen-bond acceptors (Lipinski definition) is 2. The molecule has 0 atom stereocenters. The number of amides is 1. The average Bonchev–Trinajstić information content (AvgIpc) is 2.40. The Morgan fingerprint density at radius 3 is 2.05 bits per heavy atom. The summed E-state index contributed by atoms with van der Waals surface area (Å²) in [5.41, 5.74) is 7.13. The first-order valence-electron chi connectivity index (χ1n) is 5.95. The Hall–Kier alpha value is -2.55. The minimum absolute atomic E-state index is 0.458. The number of carbonyl (C=O) groups is 1. The van der Waals surface area contributed by atoms with E-state index in [0.29, 0.717) is 0 Å². The molecule has 2 rings (SSSR count). The van der Waals surface area contributed by atoms with E-state index in [1.807, 2.05) is 55.5 Å². The zero-order valence-electron chi connectivity index (χ0n) is 10.7. The molecule has 0 radical (unpaired) electrons. The van der Waals surface area contributed by atoms with Crippen molar-refractivity contribution in [1.29, 1.82) is 0 Å². The molecule has 1 amide bonds. The van der Waals surface area contributed by atoms with E-state index in [1.165, 1.54) is 11.6 Å². The molecular weight excluding hydrogens is 238 g/mol. The summed E-state index contributed by atoms with van der Waals surface area (Å²) in [6, 6.07) is 15.3. The number of benzene rings is 2. The number of ether oxygens (including phenoxy) is 1. The van der Waals surface area contributed by atoms with Crippen LogP contribution in [0.25, 0.3) is 6.08 Å². The molecule has 0 aliphatic heterocycles. The van der Waals surface area contributed by atoms with Crippen LogP contribution in [0.2, 0.25) is 0 Å². The Morgan fingerprint density at radius 1 is 1.00 bits per heavy atom. The molecule has 2 N–H and O–H groups in total. The maximum atomic E-state index is 10.6. The second-order valence-corrected chi connectivity index (χ2v) is 4.22. The van der Waals surface area contributed by atoms with Crippen molar-refractivity contribution in [1.82, 2.24) is 0 Å². The molecule has 0 fully saturated rings. The Morgan fingerprint density at radius 2 is 1.53 bits per heavy atom. The van der Waals surface area contributed by atoms with Crippen LogP contribution in [0, 0.1) is 6.92 Å². The Bertz CT molecular complexity index is 583. The van der Waals surface area contributed by atoms with E-state index >= 15 is 0 Å². The fraction of sp³-hybridized carbons (Fsp3) is 0.0625. The van der Waals surface area contributed by atoms with Crippen molar-refractivity contribution >= 4 is 12.0 Å². The molecule has 19 heavy (non-hydrogen) atoms. The quantitative estimate of drug-likeness (QED) is 0.850. The van der Waals surface area contributed by atoms with Crippen LogP contribution in [0.15, 0.2) is 54.6 Å². The van der Waals surface area contributed by atoms with Crippen molar-refractivity contribution in [2.75, 3.05) is 0 Å². The van der Waals surface area contributed by atoms with E-state index in [9.17, 15) is 4.79 Å². The van der Waals surface area contributed by atoms with Crippen molar-refractivity contribution in [2.24, 2.45) is 5.73 Å². The zero-order chi connectivity index (χ0) is 13.7. The van der Waals surface area contributed by atoms with Gasteiger partial charge in [-0.2, -0.15) is 0 Å². The summed E-state index contributed by atoms with van der Waals surface area (Å²) in [4.78, 5) is 10.6. The average molecular weight is 253 g/mol. The van der Waals surface area contributed by atoms with E-state index < -0.39 is 5.91 Å². The van der Waals surface area contributed by atoms with Crippen LogP contribution < -0.4 is 10.5 Å². The zero-order valence-corrected chi connectivity index (χ0v) is 10.7. The van der Waals surface area contributed by atoms with Crippen LogP contribution in [-0.2, 0) is 4.79 Å². The predicted octanol–water partition coefficient (Wildman–Crippen LogP) is 3.29. The molecule has 2 aromatic carbocycles. The van der Waals surface area contributed by atoms with E-state index in [2.05, 4.69) is 0 Å². The third kappa shape index (κ3) is 4.00. The van der Waals surface area contributed by atoms with E-state index in [4.69, 9.17) is 10.5 Å². The molecule has 96 valence electrons. The minimum Gasteiger partial charge on any atom is -0.457 e. The maximum absolute atomic E-state index is 10.6. The van der Waals surface area contributed by atoms with Gasteiger partial charge in [0.25, 0.3) is 0 Å². The lowest BCUT2D eigenvalue weighted by molar-refractivity contribution is -0.113. The Balaban J connectivity index is 2.06. The molecule has 0 heterocycles. The molecule has 0 aliphatic carbocycles. The van der Waals surface area contributed by atoms with Gasteiger partial charge < -0.3 is 10.5 Å². The van der Waals surface area contributed by atoms with Crippen LogP contribution in [0.5, 0.6) is 11.5 Å². The van der Waals surface area contributed by atoms with Crippen molar-refractivity contribution in [3.8, 4) is 11.5 Å². The standard InChI is InChI=1S/C16H15NO2/c1-12-2-7-14(8-3-12)19-15-9-4-13(5-10-15)6-11-16(17)18/h2-11H,1H3,(H2,17,18). The highest BCUT2D eigenvalue weighted by Gasteiger charge is 1.97. The number of nitrogens with two attached hydrogens (primary N) is 1. The molecule has 0 saturated carbocycles. The lowest BCUT2D eigenvalue weighted by atomic mass is 10.2. The van der Waals surface area contributed by atoms with Crippen molar-refractivity contribution in [2.45, 2.75) is 6.92 Å². The number of primary amides is 1. The van der Waals surface area contributed by atoms with E-state index in [-0.39, 0.29) is 0 Å². The Kier molecular flexibility index (Phi) is 3.98. The van der Waals surface area contributed by atoms with Gasteiger partial charge in [-0.05, 0) is 42.8 Å². The topological polar surface area (TPSA) is 52.3 Å². The first kappa shape index (κ1) is 12.9. The lowest BCUT2D eigenvalue weighted by Gasteiger charge is -2.06. The number of rotatable bonds is 4. The molecule has 0 bridgehead atoms. The van der Waals surface area contributed by atoms with Crippen LogP contribution in [-0.4, -0.2) is 5.91 Å². The molecule has 0 unspecified atom stereocenters. The smallest absolute Gasteiger partial charge is 0.241 e. The van der Waals surface area contributed by atoms with Gasteiger partial charge in [-0.15, -0.1) is 0 Å². The van der Waals surface area contributed by atoms with E-state index in [0.717, 1.165) is 17.1 Å². The van der Waals surface area contributed by atoms with Gasteiger partial charge in [-0.25, -0.2) is 0 Å². The van der Waals surface area contributed by atoms with Crippen molar-refractivity contribution in [3.05, 3.63) is 65.7 Å². The first-order valence-corrected chi connectivity index (χ1v) is 5.95. The van der Waals surface area contributed by atoms with Gasteiger partial charge in [0.2, 0.25) is 5.91 Å². The highest BCUT2D eigenvalue weighted by Crippen LogP contribution is 2.22. The number of aryl methyl sites for hydroxylation is 1. The normalized spacial score (nSPS) is 10.6. The highest BCUT2D eigenvalue weighted by atomic mass is 16.5. The second kappa shape index (κ2) is 5.87. The number of carbonyl (C=O) groups excluding carboxylic acids is 1. The van der Waals surface area contributed by atoms with Gasteiger partial charge in [0.05, 0.1) is 0 Å². The van der Waals surface area contributed by atoms with Crippen LogP contribution in [0.3, 0.4) is 0 Å². The third-order valence-corrected chi connectivity index (χ3v) is 2.58. The summed E-state index contributed by atoms with van der Waals surface area (Å²) in [7, 11) is 0. The second-order valence-electron chi connectivity index (χ2n) is 4.22. The number of hydrogen-bond donors (Lipinski definition) is 1. The third-order valence-electron chi connectivity index (χ3n) is 2.58. The van der Waals surface area contributed by atoms with Gasteiger partial charge in [-0.1, -0.05) is 29.8 Å². The largest absolute Gasteiger partial charge is 0.457 e. The SMILES string of the molecule is Cc1ccc(Oc2ccc(C=CC(N)=O)cc2)cc1.